The number of H-pyrrole nitrogens is 1. The molecule has 0 aliphatic carbocycles. The number of halogens is 1. The number of aromatic amines is 1. The van der Waals surface area contributed by atoms with Gasteiger partial charge in [-0.25, -0.2) is 4.98 Å². The summed E-state index contributed by atoms with van der Waals surface area (Å²) < 4.78 is 0.882. The van der Waals surface area contributed by atoms with Crippen LogP contribution in [0.5, 0.6) is 0 Å². The molecular weight excluding hydrogens is 280 g/mol. The van der Waals surface area contributed by atoms with Crippen LogP contribution in [0.15, 0.2) is 28.9 Å². The molecule has 17 heavy (non-hydrogen) atoms. The Morgan fingerprint density at radius 3 is 2.94 bits per heavy atom. The summed E-state index contributed by atoms with van der Waals surface area (Å²) in [5, 5.41) is 12.0. The number of hydrogen-bond acceptors (Lipinski definition) is 3. The molecule has 0 atom stereocenters. The minimum absolute atomic E-state index is 0.639. The zero-order valence-corrected chi connectivity index (χ0v) is 10.9. The fourth-order valence-corrected chi connectivity index (χ4v) is 2.00. The summed E-state index contributed by atoms with van der Waals surface area (Å²) in [4.78, 5) is 7.28. The molecule has 86 valence electrons. The van der Waals surface area contributed by atoms with E-state index < -0.39 is 0 Å². The maximum absolute atomic E-state index is 8.76. The van der Waals surface area contributed by atoms with Crippen LogP contribution in [0, 0.1) is 18.3 Å². The second-order valence-electron chi connectivity index (χ2n) is 3.65. The molecule has 2 rings (SSSR count). The average Bonchev–Trinajstić information content (AvgIpc) is 2.73. The molecule has 1 aromatic carbocycles. The summed E-state index contributed by atoms with van der Waals surface area (Å²) in [5.74, 6) is 0.903. The number of rotatable bonds is 3. The van der Waals surface area contributed by atoms with E-state index in [4.69, 9.17) is 5.26 Å². The van der Waals surface area contributed by atoms with E-state index in [2.05, 4.69) is 37.3 Å². The van der Waals surface area contributed by atoms with Crippen LogP contribution >= 0.6 is 15.9 Å². The highest BCUT2D eigenvalue weighted by Gasteiger charge is 2.02. The maximum Gasteiger partial charge on any atom is 0.103 e. The van der Waals surface area contributed by atoms with Gasteiger partial charge < -0.3 is 10.3 Å². The van der Waals surface area contributed by atoms with Gasteiger partial charge in [0.1, 0.15) is 5.82 Å². The predicted molar refractivity (Wildman–Crippen MR) is 69.5 cm³/mol. The fourth-order valence-electron chi connectivity index (χ4n) is 1.48. The second-order valence-corrected chi connectivity index (χ2v) is 4.51. The molecule has 0 bridgehead atoms. The van der Waals surface area contributed by atoms with Gasteiger partial charge in [-0.15, -0.1) is 0 Å². The van der Waals surface area contributed by atoms with Crippen LogP contribution in [0.4, 0.5) is 5.69 Å². The zero-order chi connectivity index (χ0) is 12.3. The van der Waals surface area contributed by atoms with Crippen LogP contribution in [0.25, 0.3) is 0 Å². The minimum atomic E-state index is 0.639. The predicted octanol–water partition coefficient (Wildman–Crippen LogP) is 2.96. The summed E-state index contributed by atoms with van der Waals surface area (Å²) >= 11 is 3.43. The number of aryl methyl sites for hydroxylation is 1. The molecule has 0 amide bonds. The summed E-state index contributed by atoms with van der Waals surface area (Å²) in [6, 6.07) is 7.55. The lowest BCUT2D eigenvalue weighted by Gasteiger charge is -2.07. The van der Waals surface area contributed by atoms with Crippen LogP contribution in [-0.4, -0.2) is 9.97 Å². The molecule has 0 aliphatic heterocycles. The van der Waals surface area contributed by atoms with Gasteiger partial charge in [0, 0.05) is 10.2 Å². The summed E-state index contributed by atoms with van der Waals surface area (Å²) in [7, 11) is 0. The molecule has 1 aromatic heterocycles. The first-order valence-electron chi connectivity index (χ1n) is 5.13. The summed E-state index contributed by atoms with van der Waals surface area (Å²) in [6.45, 7) is 2.59. The van der Waals surface area contributed by atoms with E-state index in [-0.39, 0.29) is 0 Å². The Kier molecular flexibility index (Phi) is 3.45. The van der Waals surface area contributed by atoms with Gasteiger partial charge in [0.15, 0.2) is 0 Å². The lowest BCUT2D eigenvalue weighted by Crippen LogP contribution is -2.00. The van der Waals surface area contributed by atoms with E-state index >= 15 is 0 Å². The highest BCUT2D eigenvalue weighted by atomic mass is 79.9. The van der Waals surface area contributed by atoms with Crippen LogP contribution in [0.2, 0.25) is 0 Å². The van der Waals surface area contributed by atoms with Gasteiger partial charge in [-0.2, -0.15) is 5.26 Å². The van der Waals surface area contributed by atoms with Crippen molar-refractivity contribution in [3.05, 3.63) is 46.0 Å². The number of nitrogens with one attached hydrogen (secondary N) is 2. The third-order valence-electron chi connectivity index (χ3n) is 2.32. The molecule has 1 heterocycles. The summed E-state index contributed by atoms with van der Waals surface area (Å²) in [5.41, 5.74) is 2.62. The molecule has 0 unspecified atom stereocenters. The molecule has 0 fully saturated rings. The van der Waals surface area contributed by atoms with E-state index in [0.717, 1.165) is 21.7 Å². The fraction of sp³-hybridized carbons (Fsp3) is 0.167. The van der Waals surface area contributed by atoms with Crippen molar-refractivity contribution in [1.29, 1.82) is 5.26 Å². The van der Waals surface area contributed by atoms with Gasteiger partial charge in [-0.1, -0.05) is 0 Å². The number of imidazole rings is 1. The standard InChI is InChI=1S/C12H11BrN4/c1-8-15-6-10(17-8)7-16-12-3-2-9(5-14)4-11(12)13/h2-4,6,16H,7H2,1H3,(H,15,17). The molecule has 2 aromatic rings. The Morgan fingerprint density at radius 1 is 1.53 bits per heavy atom. The third-order valence-corrected chi connectivity index (χ3v) is 2.98. The topological polar surface area (TPSA) is 64.5 Å². The van der Waals surface area contributed by atoms with Crippen LogP contribution < -0.4 is 5.32 Å². The highest BCUT2D eigenvalue weighted by Crippen LogP contribution is 2.23. The second kappa shape index (κ2) is 5.02. The average molecular weight is 291 g/mol. The van der Waals surface area contributed by atoms with Crippen molar-refractivity contribution in [2.45, 2.75) is 13.5 Å². The number of anilines is 1. The Morgan fingerprint density at radius 2 is 2.35 bits per heavy atom. The van der Waals surface area contributed by atoms with Crippen molar-refractivity contribution in [2.24, 2.45) is 0 Å². The molecule has 0 radical (unpaired) electrons. The highest BCUT2D eigenvalue weighted by molar-refractivity contribution is 9.10. The quantitative estimate of drug-likeness (QED) is 0.913. The number of aromatic nitrogens is 2. The van der Waals surface area contributed by atoms with E-state index in [1.807, 2.05) is 13.0 Å². The number of benzene rings is 1. The summed E-state index contributed by atoms with van der Waals surface area (Å²) in [6.07, 6.45) is 1.81. The van der Waals surface area contributed by atoms with Gasteiger partial charge in [0.25, 0.3) is 0 Å². The number of nitriles is 1. The number of hydrogen-bond donors (Lipinski definition) is 2. The molecule has 0 saturated carbocycles. The molecule has 0 saturated heterocycles. The lowest BCUT2D eigenvalue weighted by atomic mass is 10.2. The van der Waals surface area contributed by atoms with Gasteiger partial charge in [-0.3, -0.25) is 0 Å². The first-order valence-corrected chi connectivity index (χ1v) is 5.92. The molecular formula is C12H11BrN4. The SMILES string of the molecule is Cc1ncc(CNc2ccc(C#N)cc2Br)[nH]1. The van der Waals surface area contributed by atoms with Crippen molar-refractivity contribution in [2.75, 3.05) is 5.32 Å². The Balaban J connectivity index is 2.07. The maximum atomic E-state index is 8.76. The zero-order valence-electron chi connectivity index (χ0n) is 9.29. The van der Waals surface area contributed by atoms with Crippen molar-refractivity contribution < 1.29 is 0 Å². The van der Waals surface area contributed by atoms with Gasteiger partial charge in [0.2, 0.25) is 0 Å². The van der Waals surface area contributed by atoms with Crippen molar-refractivity contribution in [3.63, 3.8) is 0 Å². The van der Waals surface area contributed by atoms with E-state index in [9.17, 15) is 0 Å². The van der Waals surface area contributed by atoms with Crippen molar-refractivity contribution in [1.82, 2.24) is 9.97 Å². The van der Waals surface area contributed by atoms with Gasteiger partial charge >= 0.3 is 0 Å². The third kappa shape index (κ3) is 2.86. The number of nitrogens with zero attached hydrogens (tertiary/aromatic N) is 2. The molecule has 0 spiro atoms. The molecule has 4 nitrogen and oxygen atoms in total. The minimum Gasteiger partial charge on any atom is -0.379 e. The Hall–Kier alpha value is -1.80. The Bertz CT molecular complexity index is 568. The lowest BCUT2D eigenvalue weighted by molar-refractivity contribution is 1.05. The van der Waals surface area contributed by atoms with Crippen molar-refractivity contribution in [3.8, 4) is 6.07 Å². The van der Waals surface area contributed by atoms with Gasteiger partial charge in [-0.05, 0) is 41.1 Å². The van der Waals surface area contributed by atoms with Gasteiger partial charge in [0.05, 0.1) is 30.1 Å². The smallest absolute Gasteiger partial charge is 0.103 e. The van der Waals surface area contributed by atoms with Crippen molar-refractivity contribution >= 4 is 21.6 Å². The molecule has 5 heteroatoms. The first-order chi connectivity index (χ1) is 8.19. The van der Waals surface area contributed by atoms with E-state index in [1.165, 1.54) is 0 Å². The molecule has 2 N–H and O–H groups in total. The largest absolute Gasteiger partial charge is 0.379 e. The first kappa shape index (κ1) is 11.7. The van der Waals surface area contributed by atoms with E-state index in [1.54, 1.807) is 18.3 Å². The monoisotopic (exact) mass is 290 g/mol. The van der Waals surface area contributed by atoms with Crippen LogP contribution in [0.3, 0.4) is 0 Å². The van der Waals surface area contributed by atoms with E-state index in [0.29, 0.717) is 12.1 Å². The Labute approximate surface area is 108 Å². The van der Waals surface area contributed by atoms with Crippen LogP contribution in [-0.2, 0) is 6.54 Å². The normalized spacial score (nSPS) is 9.94. The van der Waals surface area contributed by atoms with Crippen LogP contribution in [0.1, 0.15) is 17.1 Å². The molecule has 0 aliphatic rings.